The van der Waals surface area contributed by atoms with Crippen LogP contribution in [0.3, 0.4) is 0 Å². The van der Waals surface area contributed by atoms with Crippen LogP contribution >= 0.6 is 0 Å². The van der Waals surface area contributed by atoms with Crippen molar-refractivity contribution in [3.8, 4) is 11.5 Å². The first-order chi connectivity index (χ1) is 10.1. The van der Waals surface area contributed by atoms with Crippen LogP contribution < -0.4 is 0 Å². The van der Waals surface area contributed by atoms with Crippen molar-refractivity contribution in [1.29, 1.82) is 0 Å². The Morgan fingerprint density at radius 1 is 1.43 bits per heavy atom. The lowest BCUT2D eigenvalue weighted by Gasteiger charge is -2.19. The second kappa shape index (κ2) is 5.69. The zero-order valence-corrected chi connectivity index (χ0v) is 12.0. The molecule has 1 aliphatic rings. The van der Waals surface area contributed by atoms with Crippen molar-refractivity contribution in [2.75, 3.05) is 6.54 Å². The maximum absolute atomic E-state index is 11.2. The third kappa shape index (κ3) is 2.83. The summed E-state index contributed by atoms with van der Waals surface area (Å²) in [6.07, 6.45) is 1.62. The Morgan fingerprint density at radius 3 is 2.90 bits per heavy atom. The molecule has 1 atom stereocenters. The van der Waals surface area contributed by atoms with Crippen LogP contribution in [0.1, 0.15) is 24.3 Å². The van der Waals surface area contributed by atoms with Gasteiger partial charge in [0.05, 0.1) is 5.69 Å². The quantitative estimate of drug-likeness (QED) is 0.936. The molecule has 5 heteroatoms. The number of benzene rings is 1. The molecule has 2 heterocycles. The van der Waals surface area contributed by atoms with Crippen molar-refractivity contribution >= 4 is 5.97 Å². The number of likely N-dealkylation sites (tertiary alicyclic amines) is 1. The third-order valence-corrected chi connectivity index (χ3v) is 3.91. The maximum Gasteiger partial charge on any atom is 0.320 e. The van der Waals surface area contributed by atoms with Gasteiger partial charge in [0.15, 0.2) is 0 Å². The molecule has 0 radical (unpaired) electrons. The number of aliphatic carboxylic acids is 1. The predicted molar refractivity (Wildman–Crippen MR) is 77.7 cm³/mol. The Morgan fingerprint density at radius 2 is 2.19 bits per heavy atom. The van der Waals surface area contributed by atoms with Gasteiger partial charge in [-0.1, -0.05) is 18.2 Å². The fourth-order valence-corrected chi connectivity index (χ4v) is 2.77. The van der Waals surface area contributed by atoms with Crippen molar-refractivity contribution < 1.29 is 14.3 Å². The molecule has 1 aromatic carbocycles. The first-order valence-corrected chi connectivity index (χ1v) is 7.14. The minimum Gasteiger partial charge on any atom is -0.480 e. The molecule has 1 aromatic heterocycles. The SMILES string of the molecule is Cc1oc(-c2ccccc2)nc1CN1CCC[C@@H]1C(=O)O. The highest BCUT2D eigenvalue weighted by molar-refractivity contribution is 5.73. The number of oxazole rings is 1. The fraction of sp³-hybridized carbons (Fsp3) is 0.375. The second-order valence-corrected chi connectivity index (χ2v) is 5.35. The summed E-state index contributed by atoms with van der Waals surface area (Å²) in [5.41, 5.74) is 1.75. The molecule has 1 aliphatic heterocycles. The third-order valence-electron chi connectivity index (χ3n) is 3.91. The van der Waals surface area contributed by atoms with E-state index < -0.39 is 12.0 Å². The van der Waals surface area contributed by atoms with E-state index in [-0.39, 0.29) is 0 Å². The summed E-state index contributed by atoms with van der Waals surface area (Å²) in [5.74, 6) is 0.594. The van der Waals surface area contributed by atoms with Crippen LogP contribution in [0.25, 0.3) is 11.5 Å². The van der Waals surface area contributed by atoms with Gasteiger partial charge in [-0.15, -0.1) is 0 Å². The fourth-order valence-electron chi connectivity index (χ4n) is 2.77. The molecular weight excluding hydrogens is 268 g/mol. The van der Waals surface area contributed by atoms with Crippen LogP contribution in [0.4, 0.5) is 0 Å². The molecule has 2 aromatic rings. The first-order valence-electron chi connectivity index (χ1n) is 7.14. The average Bonchev–Trinajstić information content (AvgIpc) is 3.08. The van der Waals surface area contributed by atoms with E-state index in [0.717, 1.165) is 30.0 Å². The minimum absolute atomic E-state index is 0.402. The standard InChI is InChI=1S/C16H18N2O3/c1-11-13(10-18-9-5-8-14(18)16(19)20)17-15(21-11)12-6-3-2-4-7-12/h2-4,6-7,14H,5,8-10H2,1H3,(H,19,20)/t14-/m1/s1. The summed E-state index contributed by atoms with van der Waals surface area (Å²) >= 11 is 0. The highest BCUT2D eigenvalue weighted by Crippen LogP contribution is 2.25. The van der Waals surface area contributed by atoms with Gasteiger partial charge in [0.2, 0.25) is 5.89 Å². The highest BCUT2D eigenvalue weighted by Gasteiger charge is 2.31. The van der Waals surface area contributed by atoms with Gasteiger partial charge in [-0.05, 0) is 38.4 Å². The van der Waals surface area contributed by atoms with Gasteiger partial charge in [-0.3, -0.25) is 9.69 Å². The first kappa shape index (κ1) is 13.8. The van der Waals surface area contributed by atoms with E-state index in [9.17, 15) is 9.90 Å². The topological polar surface area (TPSA) is 66.6 Å². The summed E-state index contributed by atoms with van der Waals surface area (Å²) in [5, 5.41) is 9.23. The van der Waals surface area contributed by atoms with Crippen LogP contribution in [-0.4, -0.2) is 33.5 Å². The van der Waals surface area contributed by atoms with Crippen molar-refractivity contribution in [2.24, 2.45) is 0 Å². The molecular formula is C16H18N2O3. The number of rotatable bonds is 4. The Kier molecular flexibility index (Phi) is 3.75. The van der Waals surface area contributed by atoms with Crippen molar-refractivity contribution in [2.45, 2.75) is 32.4 Å². The van der Waals surface area contributed by atoms with E-state index in [4.69, 9.17) is 4.42 Å². The van der Waals surface area contributed by atoms with Crippen molar-refractivity contribution in [1.82, 2.24) is 9.88 Å². The molecule has 1 saturated heterocycles. The largest absolute Gasteiger partial charge is 0.480 e. The molecule has 0 spiro atoms. The monoisotopic (exact) mass is 286 g/mol. The second-order valence-electron chi connectivity index (χ2n) is 5.35. The number of aromatic nitrogens is 1. The number of aryl methyl sites for hydroxylation is 1. The number of hydrogen-bond donors (Lipinski definition) is 1. The van der Waals surface area contributed by atoms with E-state index >= 15 is 0 Å². The molecule has 0 unspecified atom stereocenters. The maximum atomic E-state index is 11.2. The lowest BCUT2D eigenvalue weighted by molar-refractivity contribution is -0.142. The summed E-state index contributed by atoms with van der Waals surface area (Å²) < 4.78 is 5.72. The van der Waals surface area contributed by atoms with Gasteiger partial charge < -0.3 is 9.52 Å². The van der Waals surface area contributed by atoms with Gasteiger partial charge in [-0.25, -0.2) is 4.98 Å². The normalized spacial score (nSPS) is 19.0. The van der Waals surface area contributed by atoms with Crippen LogP contribution in [0, 0.1) is 6.92 Å². The zero-order chi connectivity index (χ0) is 14.8. The molecule has 3 rings (SSSR count). The van der Waals surface area contributed by atoms with E-state index in [0.29, 0.717) is 18.9 Å². The Balaban J connectivity index is 1.81. The van der Waals surface area contributed by atoms with Gasteiger partial charge >= 0.3 is 5.97 Å². The van der Waals surface area contributed by atoms with Crippen LogP contribution in [0.5, 0.6) is 0 Å². The Hall–Kier alpha value is -2.14. The van der Waals surface area contributed by atoms with Gasteiger partial charge in [-0.2, -0.15) is 0 Å². The van der Waals surface area contributed by atoms with E-state index in [2.05, 4.69) is 4.98 Å². The smallest absolute Gasteiger partial charge is 0.320 e. The van der Waals surface area contributed by atoms with E-state index in [1.165, 1.54) is 0 Å². The summed E-state index contributed by atoms with van der Waals surface area (Å²) in [7, 11) is 0. The van der Waals surface area contributed by atoms with Crippen LogP contribution in [0.2, 0.25) is 0 Å². The van der Waals surface area contributed by atoms with Crippen molar-refractivity contribution in [3.63, 3.8) is 0 Å². The van der Waals surface area contributed by atoms with Gasteiger partial charge in [0.1, 0.15) is 11.8 Å². The van der Waals surface area contributed by atoms with Gasteiger partial charge in [0, 0.05) is 12.1 Å². The lowest BCUT2D eigenvalue weighted by Crippen LogP contribution is -2.35. The molecule has 1 fully saturated rings. The van der Waals surface area contributed by atoms with Crippen LogP contribution in [-0.2, 0) is 11.3 Å². The summed E-state index contributed by atoms with van der Waals surface area (Å²) in [6.45, 7) is 3.20. The lowest BCUT2D eigenvalue weighted by atomic mass is 10.2. The highest BCUT2D eigenvalue weighted by atomic mass is 16.4. The molecule has 5 nitrogen and oxygen atoms in total. The molecule has 1 N–H and O–H groups in total. The molecule has 110 valence electrons. The number of hydrogen-bond acceptors (Lipinski definition) is 4. The summed E-state index contributed by atoms with van der Waals surface area (Å²) in [6, 6.07) is 9.32. The number of carbonyl (C=O) groups is 1. The molecule has 21 heavy (non-hydrogen) atoms. The Labute approximate surface area is 123 Å². The van der Waals surface area contributed by atoms with Crippen LogP contribution in [0.15, 0.2) is 34.7 Å². The number of carboxylic acids is 1. The predicted octanol–water partition coefficient (Wildman–Crippen LogP) is 2.70. The van der Waals surface area contributed by atoms with Gasteiger partial charge in [0.25, 0.3) is 0 Å². The average molecular weight is 286 g/mol. The Bertz CT molecular complexity index is 636. The molecule has 0 bridgehead atoms. The summed E-state index contributed by atoms with van der Waals surface area (Å²) in [4.78, 5) is 17.7. The zero-order valence-electron chi connectivity index (χ0n) is 12.0. The van der Waals surface area contributed by atoms with E-state index in [1.54, 1.807) is 0 Å². The number of carboxylic acid groups (broad SMARTS) is 1. The molecule has 0 amide bonds. The molecule has 0 aliphatic carbocycles. The number of nitrogens with zero attached hydrogens (tertiary/aromatic N) is 2. The van der Waals surface area contributed by atoms with E-state index in [1.807, 2.05) is 42.2 Å². The van der Waals surface area contributed by atoms with Crippen molar-refractivity contribution in [3.05, 3.63) is 41.8 Å². The minimum atomic E-state index is -0.753. The molecule has 0 saturated carbocycles.